The van der Waals surface area contributed by atoms with E-state index in [1.807, 2.05) is 0 Å². The zero-order valence-electron chi connectivity index (χ0n) is 14.2. The highest BCUT2D eigenvalue weighted by molar-refractivity contribution is 6.35. The van der Waals surface area contributed by atoms with E-state index in [-0.39, 0.29) is 38.2 Å². The number of nitrogens with zero attached hydrogens (tertiary/aromatic N) is 2. The Kier molecular flexibility index (Phi) is 5.03. The van der Waals surface area contributed by atoms with Crippen LogP contribution in [0.25, 0.3) is 16.8 Å². The van der Waals surface area contributed by atoms with Crippen LogP contribution in [0.1, 0.15) is 21.6 Å². The molecule has 0 amide bonds. The fourth-order valence-corrected chi connectivity index (χ4v) is 3.35. The highest BCUT2D eigenvalue weighted by Crippen LogP contribution is 2.42. The third-order valence-electron chi connectivity index (χ3n) is 4.03. The number of anilines is 1. The molecule has 0 aliphatic heterocycles. The van der Waals surface area contributed by atoms with Gasteiger partial charge in [-0.25, -0.2) is 9.48 Å². The van der Waals surface area contributed by atoms with Gasteiger partial charge >= 0.3 is 12.1 Å². The van der Waals surface area contributed by atoms with Crippen LogP contribution in [-0.2, 0) is 6.18 Å². The Morgan fingerprint density at radius 2 is 1.75 bits per heavy atom. The van der Waals surface area contributed by atoms with Crippen molar-refractivity contribution in [3.8, 4) is 16.8 Å². The van der Waals surface area contributed by atoms with Gasteiger partial charge in [0.2, 0.25) is 0 Å². The highest BCUT2D eigenvalue weighted by atomic mass is 35.5. The minimum Gasteiger partial charge on any atom is -0.478 e. The van der Waals surface area contributed by atoms with E-state index in [0.29, 0.717) is 5.56 Å². The molecule has 0 radical (unpaired) electrons. The standard InChI is InChI=1S/C18H12Cl2F3N3O2/c1-8-4-12(2-3-13(8)17(27)28)26-16(24)14(15(25-26)18(21,22)23)9-5-10(19)7-11(20)6-9/h2-7H,24H2,1H3,(H,27,28). The molecule has 0 atom stereocenters. The molecule has 0 spiro atoms. The second-order valence-corrected chi connectivity index (χ2v) is 6.85. The summed E-state index contributed by atoms with van der Waals surface area (Å²) in [5.41, 5.74) is 5.06. The van der Waals surface area contributed by atoms with Crippen molar-refractivity contribution in [3.63, 3.8) is 0 Å². The first kappa shape index (κ1) is 20.0. The maximum Gasteiger partial charge on any atom is 0.435 e. The second kappa shape index (κ2) is 7.03. The fraction of sp³-hybridized carbons (Fsp3) is 0.111. The summed E-state index contributed by atoms with van der Waals surface area (Å²) in [4.78, 5) is 11.2. The van der Waals surface area contributed by atoms with Crippen molar-refractivity contribution in [2.75, 3.05) is 5.73 Å². The number of hydrogen-bond acceptors (Lipinski definition) is 3. The maximum absolute atomic E-state index is 13.6. The molecule has 3 N–H and O–H groups in total. The lowest BCUT2D eigenvalue weighted by Crippen LogP contribution is -2.09. The van der Waals surface area contributed by atoms with Gasteiger partial charge < -0.3 is 10.8 Å². The molecule has 10 heteroatoms. The van der Waals surface area contributed by atoms with Crippen LogP contribution in [-0.4, -0.2) is 20.9 Å². The molecular weight excluding hydrogens is 418 g/mol. The lowest BCUT2D eigenvalue weighted by Gasteiger charge is -2.09. The lowest BCUT2D eigenvalue weighted by molar-refractivity contribution is -0.140. The van der Waals surface area contributed by atoms with Crippen LogP contribution in [0.5, 0.6) is 0 Å². The Labute approximate surface area is 167 Å². The van der Waals surface area contributed by atoms with Gasteiger partial charge in [0.05, 0.1) is 16.8 Å². The Bertz CT molecular complexity index is 1070. The second-order valence-electron chi connectivity index (χ2n) is 5.98. The van der Waals surface area contributed by atoms with E-state index in [2.05, 4.69) is 5.10 Å². The number of carboxylic acids is 1. The van der Waals surface area contributed by atoms with Crippen LogP contribution in [0, 0.1) is 6.92 Å². The molecule has 0 saturated heterocycles. The lowest BCUT2D eigenvalue weighted by atomic mass is 10.0. The van der Waals surface area contributed by atoms with E-state index in [0.717, 1.165) is 4.68 Å². The number of nitrogens with two attached hydrogens (primary N) is 1. The first-order valence-electron chi connectivity index (χ1n) is 7.75. The third kappa shape index (κ3) is 3.65. The summed E-state index contributed by atoms with van der Waals surface area (Å²) in [5.74, 6) is -1.43. The number of benzene rings is 2. The zero-order valence-corrected chi connectivity index (χ0v) is 15.7. The molecule has 146 valence electrons. The fourth-order valence-electron chi connectivity index (χ4n) is 2.83. The van der Waals surface area contributed by atoms with Crippen molar-refractivity contribution in [1.82, 2.24) is 9.78 Å². The topological polar surface area (TPSA) is 81.1 Å². The van der Waals surface area contributed by atoms with Crippen molar-refractivity contribution < 1.29 is 23.1 Å². The molecule has 3 aromatic rings. The van der Waals surface area contributed by atoms with Gasteiger partial charge in [-0.3, -0.25) is 0 Å². The van der Waals surface area contributed by atoms with Gasteiger partial charge in [-0.1, -0.05) is 23.2 Å². The number of hydrogen-bond donors (Lipinski definition) is 2. The van der Waals surface area contributed by atoms with E-state index in [1.165, 1.54) is 43.3 Å². The Balaban J connectivity index is 2.27. The summed E-state index contributed by atoms with van der Waals surface area (Å²) in [6, 6.07) is 7.99. The summed E-state index contributed by atoms with van der Waals surface area (Å²) in [6.45, 7) is 1.52. The predicted octanol–water partition coefficient (Wildman–Crippen LogP) is 5.45. The van der Waals surface area contributed by atoms with Crippen LogP contribution in [0.15, 0.2) is 36.4 Å². The smallest absolute Gasteiger partial charge is 0.435 e. The van der Waals surface area contributed by atoms with Crippen molar-refractivity contribution in [1.29, 1.82) is 0 Å². The van der Waals surface area contributed by atoms with Gasteiger partial charge in [0.15, 0.2) is 5.69 Å². The molecule has 5 nitrogen and oxygen atoms in total. The zero-order chi connectivity index (χ0) is 20.8. The molecule has 0 bridgehead atoms. The molecule has 0 unspecified atom stereocenters. The van der Waals surface area contributed by atoms with Gasteiger partial charge in [-0.05, 0) is 54.4 Å². The molecule has 0 fully saturated rings. The molecule has 3 rings (SSSR count). The Morgan fingerprint density at radius 3 is 2.25 bits per heavy atom. The van der Waals surface area contributed by atoms with Crippen molar-refractivity contribution in [2.24, 2.45) is 0 Å². The first-order chi connectivity index (χ1) is 13.0. The van der Waals surface area contributed by atoms with Crippen LogP contribution >= 0.6 is 23.2 Å². The quantitative estimate of drug-likeness (QED) is 0.579. The van der Waals surface area contributed by atoms with E-state index < -0.39 is 17.8 Å². The predicted molar refractivity (Wildman–Crippen MR) is 100 cm³/mol. The number of carbonyl (C=O) groups is 1. The monoisotopic (exact) mass is 429 g/mol. The average Bonchev–Trinajstić information content (AvgIpc) is 2.91. The minimum absolute atomic E-state index is 0.0207. The summed E-state index contributed by atoms with van der Waals surface area (Å²) >= 11 is 11.8. The number of aryl methyl sites for hydroxylation is 1. The Hall–Kier alpha value is -2.71. The number of rotatable bonds is 3. The molecule has 1 aromatic heterocycles. The van der Waals surface area contributed by atoms with Crippen molar-refractivity contribution in [2.45, 2.75) is 13.1 Å². The molecule has 1 heterocycles. The molecule has 2 aromatic carbocycles. The SMILES string of the molecule is Cc1cc(-n2nc(C(F)(F)F)c(-c3cc(Cl)cc(Cl)c3)c2N)ccc1C(=O)O. The third-order valence-corrected chi connectivity index (χ3v) is 4.46. The summed E-state index contributed by atoms with van der Waals surface area (Å²) < 4.78 is 41.8. The van der Waals surface area contributed by atoms with Crippen LogP contribution in [0.2, 0.25) is 10.0 Å². The first-order valence-corrected chi connectivity index (χ1v) is 8.51. The number of halogens is 5. The molecule has 28 heavy (non-hydrogen) atoms. The van der Waals surface area contributed by atoms with Gasteiger partial charge in [0.25, 0.3) is 0 Å². The van der Waals surface area contributed by atoms with Crippen molar-refractivity contribution >= 4 is 35.0 Å². The maximum atomic E-state index is 13.6. The van der Waals surface area contributed by atoms with Gasteiger partial charge in [0, 0.05) is 10.0 Å². The molecule has 0 aliphatic carbocycles. The van der Waals surface area contributed by atoms with Crippen molar-refractivity contribution in [3.05, 3.63) is 63.3 Å². The number of aromatic nitrogens is 2. The van der Waals surface area contributed by atoms with Gasteiger partial charge in [-0.2, -0.15) is 18.3 Å². The van der Waals surface area contributed by atoms with E-state index in [4.69, 9.17) is 34.0 Å². The van der Waals surface area contributed by atoms with Crippen LogP contribution in [0.3, 0.4) is 0 Å². The van der Waals surface area contributed by atoms with E-state index in [1.54, 1.807) is 0 Å². The number of alkyl halides is 3. The van der Waals surface area contributed by atoms with Gasteiger partial charge in [0.1, 0.15) is 5.82 Å². The number of aromatic carboxylic acids is 1. The normalized spacial score (nSPS) is 11.6. The minimum atomic E-state index is -4.79. The van der Waals surface area contributed by atoms with E-state index >= 15 is 0 Å². The Morgan fingerprint density at radius 1 is 1.14 bits per heavy atom. The average molecular weight is 430 g/mol. The molecule has 0 aliphatic rings. The summed E-state index contributed by atoms with van der Waals surface area (Å²) in [7, 11) is 0. The summed E-state index contributed by atoms with van der Waals surface area (Å²) in [5, 5.41) is 13.0. The molecule has 0 saturated carbocycles. The largest absolute Gasteiger partial charge is 0.478 e. The van der Waals surface area contributed by atoms with Crippen LogP contribution in [0.4, 0.5) is 19.0 Å². The van der Waals surface area contributed by atoms with E-state index in [9.17, 15) is 18.0 Å². The van der Waals surface area contributed by atoms with Crippen LogP contribution < -0.4 is 5.73 Å². The summed E-state index contributed by atoms with van der Waals surface area (Å²) in [6.07, 6.45) is -4.79. The molecular formula is C18H12Cl2F3N3O2. The number of carboxylic acid groups (broad SMARTS) is 1. The van der Waals surface area contributed by atoms with Gasteiger partial charge in [-0.15, -0.1) is 0 Å². The number of nitrogen functional groups attached to an aromatic ring is 1. The highest BCUT2D eigenvalue weighted by Gasteiger charge is 2.39.